The van der Waals surface area contributed by atoms with Gasteiger partial charge >= 0.3 is 6.09 Å². The lowest BCUT2D eigenvalue weighted by atomic mass is 10.1. The second kappa shape index (κ2) is 12.1. The van der Waals surface area contributed by atoms with Crippen molar-refractivity contribution in [3.8, 4) is 5.75 Å². The fraction of sp³-hybridized carbons (Fsp3) is 0.462. The minimum absolute atomic E-state index is 0.0955. The molecule has 1 aliphatic rings. The predicted molar refractivity (Wildman–Crippen MR) is 141 cm³/mol. The largest absolute Gasteiger partial charge is 0.494 e. The smallest absolute Gasteiger partial charge is 0.410 e. The zero-order valence-corrected chi connectivity index (χ0v) is 22.5. The molecular formula is C26H36FN7O4. The lowest BCUT2D eigenvalue weighted by molar-refractivity contribution is 0.0285. The Hall–Kier alpha value is -3.93. The van der Waals surface area contributed by atoms with Crippen molar-refractivity contribution in [2.75, 3.05) is 26.7 Å². The Morgan fingerprint density at radius 1 is 1.29 bits per heavy atom. The van der Waals surface area contributed by atoms with Crippen LogP contribution in [0.5, 0.6) is 5.75 Å². The molecule has 1 unspecified atom stereocenters. The lowest BCUT2D eigenvalue weighted by Crippen LogP contribution is -2.37. The third-order valence-electron chi connectivity index (χ3n) is 5.77. The number of nitrogens with one attached hydrogen (secondary N) is 1. The summed E-state index contributed by atoms with van der Waals surface area (Å²) in [7, 11) is 1.37. The molecule has 206 valence electrons. The van der Waals surface area contributed by atoms with E-state index in [0.717, 1.165) is 6.42 Å². The van der Waals surface area contributed by atoms with Crippen LogP contribution >= 0.6 is 0 Å². The second-order valence-corrected chi connectivity index (χ2v) is 10.2. The number of carbonyl (C=O) groups is 2. The summed E-state index contributed by atoms with van der Waals surface area (Å²) in [6.07, 6.45) is 0.421. The predicted octanol–water partition coefficient (Wildman–Crippen LogP) is 2.52. The van der Waals surface area contributed by atoms with Crippen LogP contribution in [0.25, 0.3) is 0 Å². The second-order valence-electron chi connectivity index (χ2n) is 10.2. The van der Waals surface area contributed by atoms with Gasteiger partial charge in [0.25, 0.3) is 5.91 Å². The number of methoxy groups -OCH3 is 1. The zero-order valence-electron chi connectivity index (χ0n) is 22.5. The molecule has 1 fully saturated rings. The average molecular weight is 530 g/mol. The minimum atomic E-state index is -0.555. The molecular weight excluding hydrogens is 493 g/mol. The highest BCUT2D eigenvalue weighted by Gasteiger charge is 2.30. The molecule has 1 atom stereocenters. The summed E-state index contributed by atoms with van der Waals surface area (Å²) in [4.78, 5) is 31.0. The van der Waals surface area contributed by atoms with E-state index in [9.17, 15) is 14.0 Å². The molecule has 0 aliphatic carbocycles. The van der Waals surface area contributed by atoms with E-state index < -0.39 is 17.3 Å². The molecule has 1 aromatic carbocycles. The molecule has 3 rings (SSSR count). The number of nitrogens with two attached hydrogens (primary N) is 2. The van der Waals surface area contributed by atoms with E-state index in [2.05, 4.69) is 15.4 Å². The third-order valence-corrected chi connectivity index (χ3v) is 5.77. The Balaban J connectivity index is 1.60. The van der Waals surface area contributed by atoms with Crippen molar-refractivity contribution in [3.63, 3.8) is 0 Å². The molecule has 0 bridgehead atoms. The molecule has 38 heavy (non-hydrogen) atoms. The van der Waals surface area contributed by atoms with Gasteiger partial charge in [0.2, 0.25) is 0 Å². The van der Waals surface area contributed by atoms with Crippen molar-refractivity contribution >= 4 is 17.8 Å². The van der Waals surface area contributed by atoms with Gasteiger partial charge in [-0.25, -0.2) is 25.1 Å². The molecule has 12 heteroatoms. The number of hydrogen-bond donors (Lipinski definition) is 3. The number of likely N-dealkylation sites (tertiary alicyclic amines) is 1. The van der Waals surface area contributed by atoms with Crippen LogP contribution in [0.4, 0.5) is 9.18 Å². The fourth-order valence-electron chi connectivity index (χ4n) is 4.00. The number of carbonyl (C=O) groups excluding carboxylic acids is 2. The molecule has 2 aromatic rings. The van der Waals surface area contributed by atoms with E-state index in [0.29, 0.717) is 36.5 Å². The van der Waals surface area contributed by atoms with E-state index in [-0.39, 0.29) is 35.8 Å². The first-order valence-electron chi connectivity index (χ1n) is 12.3. The average Bonchev–Trinajstić information content (AvgIpc) is 3.30. The van der Waals surface area contributed by atoms with Crippen LogP contribution in [0.2, 0.25) is 0 Å². The molecule has 1 aliphatic heterocycles. The van der Waals surface area contributed by atoms with Gasteiger partial charge in [0, 0.05) is 30.9 Å². The molecule has 2 amide bonds. The Morgan fingerprint density at radius 3 is 2.71 bits per heavy atom. The number of aryl methyl sites for hydroxylation is 1. The first kappa shape index (κ1) is 28.6. The Labute approximate surface area is 221 Å². The maximum atomic E-state index is 13.6. The maximum absolute atomic E-state index is 13.6. The van der Waals surface area contributed by atoms with Crippen molar-refractivity contribution in [1.29, 1.82) is 0 Å². The van der Waals surface area contributed by atoms with Gasteiger partial charge in [0.05, 0.1) is 13.7 Å². The summed E-state index contributed by atoms with van der Waals surface area (Å²) in [5.41, 5.74) is 7.52. The summed E-state index contributed by atoms with van der Waals surface area (Å²) in [6, 6.07) is 7.58. The van der Waals surface area contributed by atoms with Gasteiger partial charge in [0.15, 0.2) is 17.4 Å². The highest BCUT2D eigenvalue weighted by atomic mass is 19.1. The highest BCUT2D eigenvalue weighted by Crippen LogP contribution is 2.20. The van der Waals surface area contributed by atoms with E-state index in [1.165, 1.54) is 30.4 Å². The number of nitrogens with zero attached hydrogens (tertiary/aromatic N) is 4. The van der Waals surface area contributed by atoms with Crippen molar-refractivity contribution in [2.24, 2.45) is 22.6 Å². The Kier molecular flexibility index (Phi) is 9.10. The monoisotopic (exact) mass is 529 g/mol. The molecule has 2 heterocycles. The molecule has 0 radical (unpaired) electrons. The number of hydrazone groups is 1. The number of rotatable bonds is 8. The molecule has 0 saturated carbocycles. The number of benzene rings is 1. The Morgan fingerprint density at radius 2 is 2.03 bits per heavy atom. The molecule has 5 N–H and O–H groups in total. The SMILES string of the molecule is COc1cc(CNC(=O)c2cc(/C(N)=N/N(N)CC3CCN(C(=O)OC(C)(C)C)C3)cc(C)n2)ccc1F. The number of amides is 2. The summed E-state index contributed by atoms with van der Waals surface area (Å²) < 4.78 is 24.0. The standard InChI is InChI=1S/C26H36FN7O4/c1-16-10-19(12-21(31-16)24(35)30-13-17-6-7-20(27)22(11-17)37-5)23(28)32-34(29)15-18-8-9-33(14-18)25(36)38-26(2,3)4/h6-7,10-12,18H,8-9,13-15,29H2,1-5H3,(H2,28,32)(H,30,35). The van der Waals surface area contributed by atoms with E-state index >= 15 is 0 Å². The van der Waals surface area contributed by atoms with Crippen LogP contribution in [0.3, 0.4) is 0 Å². The van der Waals surface area contributed by atoms with Crippen molar-refractivity contribution in [1.82, 2.24) is 20.3 Å². The van der Waals surface area contributed by atoms with Crippen LogP contribution in [-0.2, 0) is 11.3 Å². The summed E-state index contributed by atoms with van der Waals surface area (Å²) in [6.45, 7) is 8.86. The molecule has 11 nitrogen and oxygen atoms in total. The quantitative estimate of drug-likeness (QED) is 0.204. The van der Waals surface area contributed by atoms with Gasteiger partial charge in [-0.1, -0.05) is 6.07 Å². The summed E-state index contributed by atoms with van der Waals surface area (Å²) in [5, 5.41) is 8.27. The lowest BCUT2D eigenvalue weighted by Gasteiger charge is -2.24. The van der Waals surface area contributed by atoms with Gasteiger partial charge in [0.1, 0.15) is 11.3 Å². The Bertz CT molecular complexity index is 1200. The van der Waals surface area contributed by atoms with E-state index in [1.807, 2.05) is 20.8 Å². The van der Waals surface area contributed by atoms with E-state index in [1.54, 1.807) is 24.0 Å². The van der Waals surface area contributed by atoms with Gasteiger partial charge in [-0.3, -0.25) is 4.79 Å². The third kappa shape index (κ3) is 8.04. The number of aromatic nitrogens is 1. The van der Waals surface area contributed by atoms with Gasteiger partial charge in [-0.05, 0) is 69.9 Å². The van der Waals surface area contributed by atoms with Crippen molar-refractivity contribution in [2.45, 2.75) is 46.3 Å². The van der Waals surface area contributed by atoms with Crippen LogP contribution in [0, 0.1) is 18.7 Å². The number of ether oxygens (including phenoxy) is 2. The zero-order chi connectivity index (χ0) is 28.0. The number of hydrazine groups is 1. The highest BCUT2D eigenvalue weighted by molar-refractivity contribution is 6.00. The molecule has 1 saturated heterocycles. The number of halogens is 1. The van der Waals surface area contributed by atoms with Crippen molar-refractivity contribution in [3.05, 3.63) is 58.7 Å². The fourth-order valence-corrected chi connectivity index (χ4v) is 4.00. The van der Waals surface area contributed by atoms with Crippen LogP contribution in [-0.4, -0.2) is 65.2 Å². The minimum Gasteiger partial charge on any atom is -0.494 e. The first-order chi connectivity index (χ1) is 17.8. The number of hydrogen-bond acceptors (Lipinski definition) is 8. The summed E-state index contributed by atoms with van der Waals surface area (Å²) in [5.74, 6) is 5.51. The van der Waals surface area contributed by atoms with Crippen LogP contribution in [0.15, 0.2) is 35.4 Å². The van der Waals surface area contributed by atoms with E-state index in [4.69, 9.17) is 21.1 Å². The van der Waals surface area contributed by atoms with Gasteiger partial charge in [-0.15, -0.1) is 5.10 Å². The van der Waals surface area contributed by atoms with Crippen molar-refractivity contribution < 1.29 is 23.5 Å². The molecule has 0 spiro atoms. The first-order valence-corrected chi connectivity index (χ1v) is 12.3. The molecule has 1 aromatic heterocycles. The number of pyridine rings is 1. The van der Waals surface area contributed by atoms with Gasteiger partial charge < -0.3 is 25.4 Å². The summed E-state index contributed by atoms with van der Waals surface area (Å²) >= 11 is 0. The normalized spacial score (nSPS) is 15.8. The van der Waals surface area contributed by atoms with Gasteiger partial charge in [-0.2, -0.15) is 0 Å². The number of amidine groups is 1. The maximum Gasteiger partial charge on any atom is 0.410 e. The van der Waals surface area contributed by atoms with Crippen LogP contribution < -0.4 is 21.6 Å². The topological polar surface area (TPSA) is 148 Å². The van der Waals surface area contributed by atoms with Crippen LogP contribution in [0.1, 0.15) is 54.5 Å².